The van der Waals surface area contributed by atoms with Crippen LogP contribution in [0.3, 0.4) is 0 Å². The van der Waals surface area contributed by atoms with Crippen LogP contribution >= 0.6 is 0 Å². The Morgan fingerprint density at radius 2 is 1.95 bits per heavy atom. The molecule has 1 fully saturated rings. The molecule has 1 aliphatic rings. The van der Waals surface area contributed by atoms with Crippen molar-refractivity contribution in [3.63, 3.8) is 0 Å². The average molecular weight is 266 g/mol. The summed E-state index contributed by atoms with van der Waals surface area (Å²) in [6, 6.07) is 9.73. The molecule has 5 nitrogen and oxygen atoms in total. The van der Waals surface area contributed by atoms with Gasteiger partial charge in [-0.15, -0.1) is 0 Å². The first kappa shape index (κ1) is 11.4. The molecule has 0 aliphatic heterocycles. The number of nitrogens with zero attached hydrogens (tertiary/aromatic N) is 4. The maximum Gasteiger partial charge on any atom is 0.293 e. The number of fused-ring (bicyclic) bond motifs is 1. The normalized spacial score (nSPS) is 14.8. The number of rotatable bonds is 2. The van der Waals surface area contributed by atoms with E-state index < -0.39 is 0 Å². The smallest absolute Gasteiger partial charge is 0.265 e. The number of aryl methyl sites for hydroxylation is 1. The third-order valence-electron chi connectivity index (χ3n) is 3.76. The van der Waals surface area contributed by atoms with Gasteiger partial charge in [-0.25, -0.2) is 9.36 Å². The van der Waals surface area contributed by atoms with E-state index in [1.807, 2.05) is 30.3 Å². The fourth-order valence-electron chi connectivity index (χ4n) is 2.58. The predicted molar refractivity (Wildman–Crippen MR) is 76.1 cm³/mol. The van der Waals surface area contributed by atoms with Crippen molar-refractivity contribution in [1.82, 2.24) is 19.6 Å². The number of aromatic nitrogens is 4. The molecule has 0 amide bonds. The van der Waals surface area contributed by atoms with Crippen molar-refractivity contribution in [2.45, 2.75) is 18.8 Å². The van der Waals surface area contributed by atoms with Gasteiger partial charge >= 0.3 is 0 Å². The predicted octanol–water partition coefficient (Wildman–Crippen LogP) is 2.00. The average Bonchev–Trinajstić information content (AvgIpc) is 3.22. The van der Waals surface area contributed by atoms with Gasteiger partial charge in [0.25, 0.3) is 5.56 Å². The molecule has 2 heterocycles. The lowest BCUT2D eigenvalue weighted by Gasteiger charge is -2.06. The minimum Gasteiger partial charge on any atom is -0.265 e. The minimum atomic E-state index is -0.106. The zero-order valence-electron chi connectivity index (χ0n) is 11.2. The molecular formula is C15H14N4O. The van der Waals surface area contributed by atoms with Crippen molar-refractivity contribution in [2.75, 3.05) is 0 Å². The third kappa shape index (κ3) is 1.59. The monoisotopic (exact) mass is 266 g/mol. The number of hydrogen-bond donors (Lipinski definition) is 0. The SMILES string of the molecule is Cn1nc(C2CC2)c2cnn(-c3ccccc3)c2c1=O. The summed E-state index contributed by atoms with van der Waals surface area (Å²) in [7, 11) is 1.70. The van der Waals surface area contributed by atoms with Crippen LogP contribution in [0.2, 0.25) is 0 Å². The second kappa shape index (κ2) is 4.03. The molecule has 0 spiro atoms. The standard InChI is InChI=1S/C15H14N4O/c1-18-15(20)14-12(13(17-18)10-7-8-10)9-16-19(14)11-5-3-2-4-6-11/h2-6,9-10H,7-8H2,1H3. The summed E-state index contributed by atoms with van der Waals surface area (Å²) in [5, 5.41) is 9.71. The molecule has 5 heteroatoms. The lowest BCUT2D eigenvalue weighted by Crippen LogP contribution is -2.23. The van der Waals surface area contributed by atoms with Gasteiger partial charge in [-0.3, -0.25) is 4.79 Å². The molecule has 4 rings (SSSR count). The van der Waals surface area contributed by atoms with Gasteiger partial charge in [0, 0.05) is 18.4 Å². The molecule has 20 heavy (non-hydrogen) atoms. The largest absolute Gasteiger partial charge is 0.293 e. The van der Waals surface area contributed by atoms with Crippen LogP contribution in [0.1, 0.15) is 24.5 Å². The molecule has 0 radical (unpaired) electrons. The summed E-state index contributed by atoms with van der Waals surface area (Å²) in [5.74, 6) is 0.484. The van der Waals surface area contributed by atoms with Gasteiger partial charge in [0.15, 0.2) is 0 Å². The zero-order valence-corrected chi connectivity index (χ0v) is 11.2. The first-order valence-electron chi connectivity index (χ1n) is 6.76. The van der Waals surface area contributed by atoms with E-state index in [1.165, 1.54) is 4.68 Å². The van der Waals surface area contributed by atoms with Gasteiger partial charge in [-0.05, 0) is 25.0 Å². The van der Waals surface area contributed by atoms with E-state index in [4.69, 9.17) is 0 Å². The molecule has 1 aromatic carbocycles. The van der Waals surface area contributed by atoms with E-state index in [9.17, 15) is 4.79 Å². The molecule has 0 N–H and O–H groups in total. The molecule has 0 atom stereocenters. The summed E-state index contributed by atoms with van der Waals surface area (Å²) >= 11 is 0. The van der Waals surface area contributed by atoms with E-state index in [0.717, 1.165) is 29.6 Å². The molecule has 1 saturated carbocycles. The highest BCUT2D eigenvalue weighted by Gasteiger charge is 2.29. The van der Waals surface area contributed by atoms with Crippen LogP contribution in [0, 0.1) is 0 Å². The molecule has 2 aromatic heterocycles. The van der Waals surface area contributed by atoms with Crippen LogP contribution in [-0.4, -0.2) is 19.6 Å². The van der Waals surface area contributed by atoms with E-state index in [2.05, 4.69) is 10.2 Å². The maximum atomic E-state index is 12.4. The van der Waals surface area contributed by atoms with Gasteiger partial charge in [-0.1, -0.05) is 18.2 Å². The van der Waals surface area contributed by atoms with Crippen LogP contribution in [0.4, 0.5) is 0 Å². The van der Waals surface area contributed by atoms with Crippen molar-refractivity contribution in [2.24, 2.45) is 7.05 Å². The fraction of sp³-hybridized carbons (Fsp3) is 0.267. The van der Waals surface area contributed by atoms with Gasteiger partial charge in [-0.2, -0.15) is 10.2 Å². The Bertz CT molecular complexity index is 843. The quantitative estimate of drug-likeness (QED) is 0.713. The fourth-order valence-corrected chi connectivity index (χ4v) is 2.58. The van der Waals surface area contributed by atoms with Gasteiger partial charge < -0.3 is 0 Å². The first-order valence-corrected chi connectivity index (χ1v) is 6.76. The van der Waals surface area contributed by atoms with Crippen LogP contribution in [0.25, 0.3) is 16.6 Å². The molecule has 0 saturated heterocycles. The summed E-state index contributed by atoms with van der Waals surface area (Å²) in [4.78, 5) is 12.4. The molecule has 3 aromatic rings. The Kier molecular flexibility index (Phi) is 2.30. The van der Waals surface area contributed by atoms with Crippen LogP contribution in [0.5, 0.6) is 0 Å². The maximum absolute atomic E-state index is 12.4. The highest BCUT2D eigenvalue weighted by molar-refractivity contribution is 5.82. The summed E-state index contributed by atoms with van der Waals surface area (Å²) in [6.07, 6.45) is 4.07. The van der Waals surface area contributed by atoms with E-state index in [1.54, 1.807) is 17.9 Å². The van der Waals surface area contributed by atoms with Gasteiger partial charge in [0.2, 0.25) is 0 Å². The Morgan fingerprint density at radius 1 is 1.20 bits per heavy atom. The van der Waals surface area contributed by atoms with Crippen molar-refractivity contribution < 1.29 is 0 Å². The molecule has 0 unspecified atom stereocenters. The van der Waals surface area contributed by atoms with Gasteiger partial charge in [0.05, 0.1) is 17.6 Å². The highest BCUT2D eigenvalue weighted by atomic mass is 16.1. The second-order valence-electron chi connectivity index (χ2n) is 5.24. The number of para-hydroxylation sites is 1. The Labute approximate surface area is 115 Å². The minimum absolute atomic E-state index is 0.106. The van der Waals surface area contributed by atoms with Crippen LogP contribution in [-0.2, 0) is 7.05 Å². The van der Waals surface area contributed by atoms with E-state index >= 15 is 0 Å². The highest BCUT2D eigenvalue weighted by Crippen LogP contribution is 2.41. The first-order chi connectivity index (χ1) is 9.75. The Morgan fingerprint density at radius 3 is 2.65 bits per heavy atom. The van der Waals surface area contributed by atoms with E-state index in [0.29, 0.717) is 11.4 Å². The topological polar surface area (TPSA) is 52.7 Å². The Balaban J connectivity index is 2.07. The zero-order chi connectivity index (χ0) is 13.7. The molecule has 100 valence electrons. The number of hydrogen-bond acceptors (Lipinski definition) is 3. The second-order valence-corrected chi connectivity index (χ2v) is 5.24. The third-order valence-corrected chi connectivity index (χ3v) is 3.76. The summed E-state index contributed by atoms with van der Waals surface area (Å²) in [6.45, 7) is 0. The Hall–Kier alpha value is -2.43. The molecule has 1 aliphatic carbocycles. The van der Waals surface area contributed by atoms with E-state index in [-0.39, 0.29) is 5.56 Å². The summed E-state index contributed by atoms with van der Waals surface area (Å²) in [5.41, 5.74) is 2.41. The van der Waals surface area contributed by atoms with Crippen LogP contribution < -0.4 is 5.56 Å². The van der Waals surface area contributed by atoms with Crippen molar-refractivity contribution in [3.05, 3.63) is 52.6 Å². The van der Waals surface area contributed by atoms with Gasteiger partial charge in [0.1, 0.15) is 5.52 Å². The molecular weight excluding hydrogens is 252 g/mol. The number of benzene rings is 1. The van der Waals surface area contributed by atoms with Crippen molar-refractivity contribution >= 4 is 10.9 Å². The van der Waals surface area contributed by atoms with Crippen LogP contribution in [0.15, 0.2) is 41.3 Å². The van der Waals surface area contributed by atoms with Crippen molar-refractivity contribution in [1.29, 1.82) is 0 Å². The molecule has 0 bridgehead atoms. The lowest BCUT2D eigenvalue weighted by molar-refractivity contribution is 0.687. The summed E-state index contributed by atoms with van der Waals surface area (Å²) < 4.78 is 3.14. The lowest BCUT2D eigenvalue weighted by atomic mass is 10.2. The van der Waals surface area contributed by atoms with Crippen molar-refractivity contribution in [3.8, 4) is 5.69 Å².